The lowest BCUT2D eigenvalue weighted by molar-refractivity contribution is -0.190. The van der Waals surface area contributed by atoms with Crippen molar-refractivity contribution < 1.29 is 14.2 Å². The molecule has 7 nitrogen and oxygen atoms in total. The maximum Gasteiger partial charge on any atom is 0.215 e. The molecule has 0 N–H and O–H groups in total. The molecular weight excluding hydrogens is 392 g/mol. The molecule has 2 atom stereocenters. The zero-order valence-corrected chi connectivity index (χ0v) is 17.3. The van der Waals surface area contributed by atoms with Crippen molar-refractivity contribution in [3.05, 3.63) is 96.8 Å². The maximum atomic E-state index is 6.41. The highest BCUT2D eigenvalue weighted by molar-refractivity contribution is 5.37. The average molecular weight is 416 g/mol. The van der Waals surface area contributed by atoms with Crippen LogP contribution < -0.4 is 4.74 Å². The van der Waals surface area contributed by atoms with Gasteiger partial charge in [0.15, 0.2) is 0 Å². The standard InChI is InChI=1S/C24H24N4O3/c1-19-4-6-20(7-5-19)24(16-28-18-25-17-26-28)30-15-23(31-24)14-29-22-10-8-21(9-11-22)27-12-2-3-13-27/h2-13,17-18,23H,14-16H2,1H3. The molecule has 0 aliphatic carbocycles. The number of benzene rings is 2. The lowest BCUT2D eigenvalue weighted by Crippen LogP contribution is -2.34. The summed E-state index contributed by atoms with van der Waals surface area (Å²) in [6.07, 6.45) is 7.00. The molecule has 2 unspecified atom stereocenters. The topological polar surface area (TPSA) is 63.3 Å². The molecule has 4 aromatic rings. The van der Waals surface area contributed by atoms with Gasteiger partial charge in [-0.05, 0) is 43.3 Å². The monoisotopic (exact) mass is 416 g/mol. The zero-order chi connectivity index (χ0) is 21.1. The third-order valence-corrected chi connectivity index (χ3v) is 5.36. The van der Waals surface area contributed by atoms with E-state index in [-0.39, 0.29) is 6.10 Å². The predicted molar refractivity (Wildman–Crippen MR) is 115 cm³/mol. The van der Waals surface area contributed by atoms with E-state index < -0.39 is 5.79 Å². The van der Waals surface area contributed by atoms with Crippen molar-refractivity contribution in [1.82, 2.24) is 19.3 Å². The lowest BCUT2D eigenvalue weighted by Gasteiger charge is -2.28. The van der Waals surface area contributed by atoms with Crippen LogP contribution in [-0.4, -0.2) is 38.6 Å². The fourth-order valence-electron chi connectivity index (χ4n) is 3.72. The third-order valence-electron chi connectivity index (χ3n) is 5.36. The molecule has 1 fully saturated rings. The number of aromatic nitrogens is 4. The third kappa shape index (κ3) is 4.23. The summed E-state index contributed by atoms with van der Waals surface area (Å²) < 4.78 is 22.4. The molecule has 0 saturated carbocycles. The van der Waals surface area contributed by atoms with E-state index in [1.165, 1.54) is 11.9 Å². The Bertz CT molecular complexity index is 1090. The first-order valence-corrected chi connectivity index (χ1v) is 10.3. The molecule has 5 rings (SSSR count). The fraction of sp³-hybridized carbons (Fsp3) is 0.250. The Hall–Kier alpha value is -3.42. The van der Waals surface area contributed by atoms with Crippen LogP contribution in [0.25, 0.3) is 5.69 Å². The van der Waals surface area contributed by atoms with Gasteiger partial charge in [0, 0.05) is 23.6 Å². The predicted octanol–water partition coefficient (Wildman–Crippen LogP) is 3.72. The molecule has 1 aliphatic heterocycles. The minimum Gasteiger partial charge on any atom is -0.491 e. The Labute approximate surface area is 180 Å². The van der Waals surface area contributed by atoms with Crippen LogP contribution in [-0.2, 0) is 21.8 Å². The summed E-state index contributed by atoms with van der Waals surface area (Å²) in [5, 5.41) is 4.23. The molecule has 0 amide bonds. The van der Waals surface area contributed by atoms with E-state index in [4.69, 9.17) is 14.2 Å². The van der Waals surface area contributed by atoms with Crippen molar-refractivity contribution >= 4 is 0 Å². The van der Waals surface area contributed by atoms with E-state index in [0.717, 1.165) is 17.0 Å². The highest BCUT2D eigenvalue weighted by Crippen LogP contribution is 2.36. The minimum absolute atomic E-state index is 0.200. The molecule has 2 aromatic heterocycles. The molecule has 2 aromatic carbocycles. The maximum absolute atomic E-state index is 6.41. The lowest BCUT2D eigenvalue weighted by atomic mass is 10.0. The molecular formula is C24H24N4O3. The Kier molecular flexibility index (Phi) is 5.28. The molecule has 158 valence electrons. The van der Waals surface area contributed by atoms with Gasteiger partial charge in [-0.25, -0.2) is 9.67 Å². The Morgan fingerprint density at radius 1 is 1.06 bits per heavy atom. The normalized spacial score (nSPS) is 20.7. The van der Waals surface area contributed by atoms with E-state index in [2.05, 4.69) is 33.7 Å². The summed E-state index contributed by atoms with van der Waals surface area (Å²) in [6.45, 7) is 3.30. The first kappa shape index (κ1) is 19.5. The number of hydrogen-bond acceptors (Lipinski definition) is 5. The SMILES string of the molecule is Cc1ccc(C2(Cn3cncn3)OCC(COc3ccc(-n4cccc4)cc3)O2)cc1. The van der Waals surface area contributed by atoms with Crippen molar-refractivity contribution in [2.24, 2.45) is 0 Å². The number of aryl methyl sites for hydroxylation is 1. The van der Waals surface area contributed by atoms with Crippen LogP contribution in [0.1, 0.15) is 11.1 Å². The van der Waals surface area contributed by atoms with Gasteiger partial charge in [-0.3, -0.25) is 0 Å². The van der Waals surface area contributed by atoms with Crippen LogP contribution in [0.5, 0.6) is 5.75 Å². The Morgan fingerprint density at radius 2 is 1.84 bits per heavy atom. The molecule has 3 heterocycles. The second kappa shape index (κ2) is 8.37. The summed E-state index contributed by atoms with van der Waals surface area (Å²) in [6, 6.07) is 20.2. The van der Waals surface area contributed by atoms with E-state index in [9.17, 15) is 0 Å². The van der Waals surface area contributed by atoms with Crippen LogP contribution in [0, 0.1) is 6.92 Å². The van der Waals surface area contributed by atoms with Gasteiger partial charge in [0.1, 0.15) is 37.7 Å². The highest BCUT2D eigenvalue weighted by atomic mass is 16.8. The van der Waals surface area contributed by atoms with Gasteiger partial charge >= 0.3 is 0 Å². The molecule has 0 spiro atoms. The minimum atomic E-state index is -0.923. The zero-order valence-electron chi connectivity index (χ0n) is 17.3. The molecule has 0 bridgehead atoms. The summed E-state index contributed by atoms with van der Waals surface area (Å²) in [4.78, 5) is 4.04. The van der Waals surface area contributed by atoms with Crippen LogP contribution in [0.15, 0.2) is 85.7 Å². The van der Waals surface area contributed by atoms with E-state index in [1.54, 1.807) is 11.0 Å². The number of hydrogen-bond donors (Lipinski definition) is 0. The Morgan fingerprint density at radius 3 is 2.55 bits per heavy atom. The van der Waals surface area contributed by atoms with Crippen molar-refractivity contribution in [3.63, 3.8) is 0 Å². The second-order valence-electron chi connectivity index (χ2n) is 7.66. The van der Waals surface area contributed by atoms with Gasteiger partial charge in [-0.15, -0.1) is 0 Å². The second-order valence-corrected chi connectivity index (χ2v) is 7.66. The molecule has 7 heteroatoms. The van der Waals surface area contributed by atoms with Gasteiger partial charge in [0.05, 0.1) is 6.61 Å². The summed E-state index contributed by atoms with van der Waals surface area (Å²) in [7, 11) is 0. The highest BCUT2D eigenvalue weighted by Gasteiger charge is 2.44. The van der Waals surface area contributed by atoms with Crippen LogP contribution in [0.2, 0.25) is 0 Å². The fourth-order valence-corrected chi connectivity index (χ4v) is 3.72. The van der Waals surface area contributed by atoms with Crippen LogP contribution >= 0.6 is 0 Å². The smallest absolute Gasteiger partial charge is 0.215 e. The van der Waals surface area contributed by atoms with Gasteiger partial charge < -0.3 is 18.8 Å². The molecule has 31 heavy (non-hydrogen) atoms. The summed E-state index contributed by atoms with van der Waals surface area (Å²) >= 11 is 0. The van der Waals surface area contributed by atoms with Crippen molar-refractivity contribution in [2.45, 2.75) is 25.4 Å². The van der Waals surface area contributed by atoms with Gasteiger partial charge in [0.25, 0.3) is 0 Å². The van der Waals surface area contributed by atoms with Crippen molar-refractivity contribution in [2.75, 3.05) is 13.2 Å². The van der Waals surface area contributed by atoms with Crippen LogP contribution in [0.4, 0.5) is 0 Å². The number of ether oxygens (including phenoxy) is 3. The van der Waals surface area contributed by atoms with Crippen molar-refractivity contribution in [1.29, 1.82) is 0 Å². The molecule has 1 saturated heterocycles. The summed E-state index contributed by atoms with van der Waals surface area (Å²) in [5.41, 5.74) is 3.22. The largest absolute Gasteiger partial charge is 0.491 e. The Balaban J connectivity index is 1.27. The van der Waals surface area contributed by atoms with E-state index >= 15 is 0 Å². The van der Waals surface area contributed by atoms with Gasteiger partial charge in [0.2, 0.25) is 5.79 Å². The first-order valence-electron chi connectivity index (χ1n) is 10.3. The van der Waals surface area contributed by atoms with E-state index in [0.29, 0.717) is 19.8 Å². The number of rotatable bonds is 7. The quantitative estimate of drug-likeness (QED) is 0.459. The summed E-state index contributed by atoms with van der Waals surface area (Å²) in [5.74, 6) is -0.128. The van der Waals surface area contributed by atoms with Gasteiger partial charge in [-0.2, -0.15) is 5.10 Å². The number of nitrogens with zero attached hydrogens (tertiary/aromatic N) is 4. The average Bonchev–Trinajstić information content (AvgIpc) is 3.57. The van der Waals surface area contributed by atoms with Gasteiger partial charge in [-0.1, -0.05) is 29.8 Å². The van der Waals surface area contributed by atoms with E-state index in [1.807, 2.05) is 60.9 Å². The van der Waals surface area contributed by atoms with Crippen LogP contribution in [0.3, 0.4) is 0 Å². The van der Waals surface area contributed by atoms with Crippen molar-refractivity contribution in [3.8, 4) is 11.4 Å². The molecule has 1 aliphatic rings. The molecule has 0 radical (unpaired) electrons. The first-order chi connectivity index (χ1) is 15.2.